The molecule has 4 rings (SSSR count). The maximum absolute atomic E-state index is 13.2. The summed E-state index contributed by atoms with van der Waals surface area (Å²) in [7, 11) is 1.40. The van der Waals surface area contributed by atoms with Gasteiger partial charge in [-0.25, -0.2) is 4.79 Å². The number of methoxy groups -OCH3 is 1. The molecule has 1 aliphatic carbocycles. The van der Waals surface area contributed by atoms with E-state index in [1.54, 1.807) is 11.3 Å². The van der Waals surface area contributed by atoms with Crippen molar-refractivity contribution in [3.63, 3.8) is 0 Å². The lowest BCUT2D eigenvalue weighted by molar-refractivity contribution is -0.136. The predicted octanol–water partition coefficient (Wildman–Crippen LogP) is 4.99. The first kappa shape index (κ1) is 18.9. The van der Waals surface area contributed by atoms with Gasteiger partial charge in [-0.15, -0.1) is 11.3 Å². The van der Waals surface area contributed by atoms with E-state index in [0.29, 0.717) is 12.0 Å². The van der Waals surface area contributed by atoms with E-state index in [1.165, 1.54) is 17.2 Å². The minimum absolute atomic E-state index is 0.0915. The van der Waals surface area contributed by atoms with Crippen LogP contribution < -0.4 is 5.32 Å². The van der Waals surface area contributed by atoms with Crippen molar-refractivity contribution >= 4 is 33.2 Å². The number of Topliss-reactive ketones (excluding diaryl/α,β-unsaturated/α-hetero) is 1. The van der Waals surface area contributed by atoms with E-state index in [1.807, 2.05) is 19.1 Å². The lowest BCUT2D eigenvalue weighted by atomic mass is 9.69. The Morgan fingerprint density at radius 3 is 2.61 bits per heavy atom. The summed E-state index contributed by atoms with van der Waals surface area (Å²) in [5, 5.41) is 4.54. The summed E-state index contributed by atoms with van der Waals surface area (Å²) >= 11 is 1.67. The molecule has 0 saturated carbocycles. The standard InChI is InChI=1S/C23H25NO3S/c1-12-14-8-6-7-9-17(14)28-21(12)20-18(22(26)27-5)13(2)24-15-10-23(3,4)11-16(25)19(15)20/h6-9,20,24H,10-11H2,1-5H3. The molecule has 1 atom stereocenters. The number of fused-ring (bicyclic) bond motifs is 1. The van der Waals surface area contributed by atoms with Crippen molar-refractivity contribution in [1.29, 1.82) is 0 Å². The molecule has 1 aromatic heterocycles. The van der Waals surface area contributed by atoms with Crippen LogP contribution in [0.2, 0.25) is 0 Å². The van der Waals surface area contributed by atoms with Crippen molar-refractivity contribution in [2.45, 2.75) is 46.5 Å². The molecule has 2 aromatic rings. The van der Waals surface area contributed by atoms with Crippen molar-refractivity contribution < 1.29 is 14.3 Å². The van der Waals surface area contributed by atoms with Gasteiger partial charge in [0.05, 0.1) is 18.6 Å². The average molecular weight is 396 g/mol. The molecule has 1 N–H and O–H groups in total. The fraction of sp³-hybridized carbons (Fsp3) is 0.391. The summed E-state index contributed by atoms with van der Waals surface area (Å²) in [4.78, 5) is 27.1. The van der Waals surface area contributed by atoms with Crippen LogP contribution in [0.5, 0.6) is 0 Å². The highest BCUT2D eigenvalue weighted by atomic mass is 32.1. The van der Waals surface area contributed by atoms with Crippen LogP contribution in [0.25, 0.3) is 10.1 Å². The van der Waals surface area contributed by atoms with Crippen molar-refractivity contribution in [2.75, 3.05) is 7.11 Å². The number of ketones is 1. The van der Waals surface area contributed by atoms with Crippen LogP contribution in [0.1, 0.15) is 50.0 Å². The quantitative estimate of drug-likeness (QED) is 0.728. The Balaban J connectivity index is 1.98. The molecule has 4 nitrogen and oxygen atoms in total. The zero-order valence-corrected chi connectivity index (χ0v) is 17.8. The largest absolute Gasteiger partial charge is 0.466 e. The van der Waals surface area contributed by atoms with Crippen molar-refractivity contribution in [3.8, 4) is 0 Å². The minimum Gasteiger partial charge on any atom is -0.466 e. The highest BCUT2D eigenvalue weighted by molar-refractivity contribution is 7.19. The van der Waals surface area contributed by atoms with Gasteiger partial charge in [0.25, 0.3) is 0 Å². The molecule has 1 aromatic carbocycles. The number of dihydropyridines is 1. The van der Waals surface area contributed by atoms with Gasteiger partial charge in [-0.2, -0.15) is 0 Å². The summed E-state index contributed by atoms with van der Waals surface area (Å²) in [5.41, 5.74) is 4.05. The number of hydrogen-bond acceptors (Lipinski definition) is 5. The maximum Gasteiger partial charge on any atom is 0.336 e. The summed E-state index contributed by atoms with van der Waals surface area (Å²) in [6.45, 7) is 8.21. The summed E-state index contributed by atoms with van der Waals surface area (Å²) in [5.74, 6) is -0.629. The van der Waals surface area contributed by atoms with E-state index in [-0.39, 0.29) is 23.1 Å². The second-order valence-corrected chi connectivity index (χ2v) is 9.59. The molecular formula is C23H25NO3S. The molecule has 5 heteroatoms. The van der Waals surface area contributed by atoms with E-state index >= 15 is 0 Å². The monoisotopic (exact) mass is 395 g/mol. The normalized spacial score (nSPS) is 21.6. The zero-order chi connectivity index (χ0) is 20.2. The van der Waals surface area contributed by atoms with Crippen molar-refractivity contribution in [3.05, 3.63) is 57.2 Å². The molecule has 0 saturated heterocycles. The van der Waals surface area contributed by atoms with Gasteiger partial charge in [0.2, 0.25) is 0 Å². The van der Waals surface area contributed by atoms with Crippen molar-refractivity contribution in [2.24, 2.45) is 5.41 Å². The summed E-state index contributed by atoms with van der Waals surface area (Å²) < 4.78 is 6.28. The number of carbonyl (C=O) groups is 2. The number of carbonyl (C=O) groups excluding carboxylic acids is 2. The third-order valence-corrected chi connectivity index (χ3v) is 7.13. The van der Waals surface area contributed by atoms with Crippen LogP contribution in [0.3, 0.4) is 0 Å². The van der Waals surface area contributed by atoms with Gasteiger partial charge < -0.3 is 10.1 Å². The topological polar surface area (TPSA) is 55.4 Å². The van der Waals surface area contributed by atoms with Gasteiger partial charge in [-0.3, -0.25) is 4.79 Å². The first-order chi connectivity index (χ1) is 13.2. The molecule has 0 spiro atoms. The molecule has 0 radical (unpaired) electrons. The molecule has 28 heavy (non-hydrogen) atoms. The van der Waals surface area contributed by atoms with Gasteiger partial charge >= 0.3 is 5.97 Å². The number of thiophene rings is 1. The molecule has 2 heterocycles. The highest BCUT2D eigenvalue weighted by Crippen LogP contribution is 2.50. The fourth-order valence-corrected chi connectivity index (χ4v) is 5.88. The Labute approximate surface area is 169 Å². The number of esters is 1. The number of aryl methyl sites for hydroxylation is 1. The molecular weight excluding hydrogens is 370 g/mol. The molecule has 1 unspecified atom stereocenters. The molecule has 2 aliphatic rings. The first-order valence-electron chi connectivity index (χ1n) is 9.54. The van der Waals surface area contributed by atoms with Crippen LogP contribution >= 0.6 is 11.3 Å². The van der Waals surface area contributed by atoms with Gasteiger partial charge in [0.1, 0.15) is 0 Å². The van der Waals surface area contributed by atoms with Gasteiger partial charge in [0, 0.05) is 33.0 Å². The number of rotatable bonds is 2. The summed E-state index contributed by atoms with van der Waals surface area (Å²) in [6, 6.07) is 8.23. The first-order valence-corrected chi connectivity index (χ1v) is 10.4. The highest BCUT2D eigenvalue weighted by Gasteiger charge is 2.44. The number of nitrogens with one attached hydrogen (secondary N) is 1. The smallest absolute Gasteiger partial charge is 0.336 e. The number of hydrogen-bond donors (Lipinski definition) is 1. The molecule has 0 fully saturated rings. The number of allylic oxidation sites excluding steroid dienone is 3. The Morgan fingerprint density at radius 2 is 1.93 bits per heavy atom. The second kappa shape index (κ2) is 6.59. The van der Waals surface area contributed by atoms with Crippen LogP contribution in [-0.4, -0.2) is 18.9 Å². The molecule has 0 amide bonds. The van der Waals surface area contributed by atoms with Gasteiger partial charge in [-0.1, -0.05) is 32.0 Å². The lowest BCUT2D eigenvalue weighted by Crippen LogP contribution is -2.38. The molecule has 146 valence electrons. The third kappa shape index (κ3) is 2.89. The molecule has 0 bridgehead atoms. The van der Waals surface area contributed by atoms with E-state index in [0.717, 1.165) is 33.8 Å². The Morgan fingerprint density at radius 1 is 1.21 bits per heavy atom. The van der Waals surface area contributed by atoms with Crippen LogP contribution in [-0.2, 0) is 14.3 Å². The van der Waals surface area contributed by atoms with E-state index in [4.69, 9.17) is 4.74 Å². The Bertz CT molecular complexity index is 1070. The third-order valence-electron chi connectivity index (χ3n) is 5.79. The predicted molar refractivity (Wildman–Crippen MR) is 112 cm³/mol. The van der Waals surface area contributed by atoms with Gasteiger partial charge in [0.15, 0.2) is 5.78 Å². The Kier molecular flexibility index (Phi) is 4.46. The minimum atomic E-state index is -0.379. The number of ether oxygens (including phenoxy) is 1. The molecule has 1 aliphatic heterocycles. The maximum atomic E-state index is 13.2. The van der Waals surface area contributed by atoms with Crippen LogP contribution in [0.15, 0.2) is 46.8 Å². The van der Waals surface area contributed by atoms with Crippen molar-refractivity contribution in [1.82, 2.24) is 5.32 Å². The second-order valence-electron chi connectivity index (χ2n) is 8.51. The van der Waals surface area contributed by atoms with Crippen LogP contribution in [0.4, 0.5) is 0 Å². The zero-order valence-electron chi connectivity index (χ0n) is 16.9. The lowest BCUT2D eigenvalue weighted by Gasteiger charge is -2.39. The Hall–Kier alpha value is -2.40. The number of benzene rings is 1. The summed E-state index contributed by atoms with van der Waals surface area (Å²) in [6.07, 6.45) is 1.28. The van der Waals surface area contributed by atoms with E-state index in [2.05, 4.69) is 38.2 Å². The SMILES string of the molecule is COC(=O)C1=C(C)NC2=C(C(=O)CC(C)(C)C2)C1c1sc2ccccc2c1C. The average Bonchev–Trinajstić information content (AvgIpc) is 2.95. The van der Waals surface area contributed by atoms with E-state index < -0.39 is 0 Å². The van der Waals surface area contributed by atoms with E-state index in [9.17, 15) is 9.59 Å². The van der Waals surface area contributed by atoms with Gasteiger partial charge in [-0.05, 0) is 42.7 Å². The fourth-order valence-electron chi connectivity index (χ4n) is 4.55. The van der Waals surface area contributed by atoms with Crippen LogP contribution in [0, 0.1) is 12.3 Å².